The normalized spacial score (nSPS) is 37.5. The SMILES string of the molecule is CC(C)[C@@H]1CC[C@H]1N. The summed E-state index contributed by atoms with van der Waals surface area (Å²) >= 11 is 0. The van der Waals surface area contributed by atoms with Crippen molar-refractivity contribution < 1.29 is 0 Å². The molecule has 2 N–H and O–H groups in total. The summed E-state index contributed by atoms with van der Waals surface area (Å²) in [5.41, 5.74) is 5.72. The number of rotatable bonds is 1. The zero-order valence-electron chi connectivity index (χ0n) is 5.72. The first-order chi connectivity index (χ1) is 3.72. The van der Waals surface area contributed by atoms with Gasteiger partial charge in [-0.25, -0.2) is 0 Å². The van der Waals surface area contributed by atoms with E-state index in [1.165, 1.54) is 12.8 Å². The first-order valence-corrected chi connectivity index (χ1v) is 3.47. The molecule has 1 fully saturated rings. The molecule has 0 spiro atoms. The van der Waals surface area contributed by atoms with Crippen LogP contribution in [0.1, 0.15) is 26.7 Å². The third-order valence-corrected chi connectivity index (χ3v) is 2.24. The Morgan fingerprint density at radius 3 is 2.00 bits per heavy atom. The second kappa shape index (κ2) is 2.06. The molecule has 0 saturated heterocycles. The maximum atomic E-state index is 5.72. The van der Waals surface area contributed by atoms with E-state index in [0.29, 0.717) is 6.04 Å². The lowest BCUT2D eigenvalue weighted by molar-refractivity contribution is 0.190. The number of nitrogens with two attached hydrogens (primary N) is 1. The van der Waals surface area contributed by atoms with Gasteiger partial charge in [-0.3, -0.25) is 0 Å². The molecule has 0 aromatic carbocycles. The van der Waals surface area contributed by atoms with Gasteiger partial charge in [0.1, 0.15) is 0 Å². The monoisotopic (exact) mass is 113 g/mol. The Hall–Kier alpha value is -0.0400. The second-order valence-electron chi connectivity index (χ2n) is 3.15. The minimum absolute atomic E-state index is 0.523. The van der Waals surface area contributed by atoms with Crippen molar-refractivity contribution in [1.29, 1.82) is 0 Å². The molecule has 1 rings (SSSR count). The van der Waals surface area contributed by atoms with Crippen LogP contribution >= 0.6 is 0 Å². The minimum atomic E-state index is 0.523. The Labute approximate surface area is 51.3 Å². The van der Waals surface area contributed by atoms with Crippen molar-refractivity contribution in [3.8, 4) is 0 Å². The van der Waals surface area contributed by atoms with Crippen LogP contribution in [0.4, 0.5) is 0 Å². The van der Waals surface area contributed by atoms with Crippen LogP contribution in [0.25, 0.3) is 0 Å². The molecule has 2 atom stereocenters. The van der Waals surface area contributed by atoms with Crippen LogP contribution in [0.3, 0.4) is 0 Å². The van der Waals surface area contributed by atoms with Gasteiger partial charge in [-0.2, -0.15) is 0 Å². The van der Waals surface area contributed by atoms with Gasteiger partial charge in [0.05, 0.1) is 0 Å². The van der Waals surface area contributed by atoms with Gasteiger partial charge in [0.2, 0.25) is 0 Å². The summed E-state index contributed by atoms with van der Waals surface area (Å²) in [6.07, 6.45) is 2.61. The quantitative estimate of drug-likeness (QED) is 0.546. The summed E-state index contributed by atoms with van der Waals surface area (Å²) in [5, 5.41) is 0. The lowest BCUT2D eigenvalue weighted by Crippen LogP contribution is -2.42. The van der Waals surface area contributed by atoms with Gasteiger partial charge < -0.3 is 5.73 Å². The van der Waals surface area contributed by atoms with E-state index < -0.39 is 0 Å². The average Bonchev–Trinajstić information content (AvgIpc) is 1.61. The molecule has 1 nitrogen and oxygen atoms in total. The van der Waals surface area contributed by atoms with E-state index in [-0.39, 0.29) is 0 Å². The maximum absolute atomic E-state index is 5.72. The summed E-state index contributed by atoms with van der Waals surface area (Å²) in [4.78, 5) is 0. The smallest absolute Gasteiger partial charge is 0.00697 e. The van der Waals surface area contributed by atoms with Crippen LogP contribution in [0.5, 0.6) is 0 Å². The third kappa shape index (κ3) is 0.873. The standard InChI is InChI=1S/C7H15N/c1-5(2)6-3-4-7(6)8/h5-7H,3-4,8H2,1-2H3/t6-,7+/m0/s1. The van der Waals surface area contributed by atoms with E-state index in [2.05, 4.69) is 13.8 Å². The predicted octanol–water partition coefficient (Wildman–Crippen LogP) is 1.38. The molecule has 1 saturated carbocycles. The molecule has 0 aromatic rings. The highest BCUT2D eigenvalue weighted by molar-refractivity contribution is 4.85. The third-order valence-electron chi connectivity index (χ3n) is 2.24. The van der Waals surface area contributed by atoms with Crippen LogP contribution in [0.2, 0.25) is 0 Å². The Balaban J connectivity index is 2.26. The minimum Gasteiger partial charge on any atom is -0.327 e. The van der Waals surface area contributed by atoms with E-state index in [0.717, 1.165) is 11.8 Å². The lowest BCUT2D eigenvalue weighted by atomic mass is 9.73. The highest BCUT2D eigenvalue weighted by atomic mass is 14.7. The van der Waals surface area contributed by atoms with Gasteiger partial charge in [0.25, 0.3) is 0 Å². The van der Waals surface area contributed by atoms with Crippen molar-refractivity contribution in [3.63, 3.8) is 0 Å². The van der Waals surface area contributed by atoms with Crippen LogP contribution in [0, 0.1) is 11.8 Å². The topological polar surface area (TPSA) is 26.0 Å². The van der Waals surface area contributed by atoms with Crippen molar-refractivity contribution >= 4 is 0 Å². The molecule has 0 heterocycles. The Bertz CT molecular complexity index is 73.7. The van der Waals surface area contributed by atoms with E-state index in [9.17, 15) is 0 Å². The van der Waals surface area contributed by atoms with Gasteiger partial charge in [-0.15, -0.1) is 0 Å². The van der Waals surface area contributed by atoms with Gasteiger partial charge in [-0.1, -0.05) is 13.8 Å². The lowest BCUT2D eigenvalue weighted by Gasteiger charge is -2.36. The summed E-state index contributed by atoms with van der Waals surface area (Å²) < 4.78 is 0. The van der Waals surface area contributed by atoms with Crippen molar-refractivity contribution in [2.24, 2.45) is 17.6 Å². The molecule has 1 aliphatic carbocycles. The van der Waals surface area contributed by atoms with E-state index in [4.69, 9.17) is 5.73 Å². The Morgan fingerprint density at radius 2 is 2.00 bits per heavy atom. The average molecular weight is 113 g/mol. The molecular formula is C7H15N. The van der Waals surface area contributed by atoms with Crippen LogP contribution in [-0.4, -0.2) is 6.04 Å². The summed E-state index contributed by atoms with van der Waals surface area (Å²) in [6, 6.07) is 0.523. The summed E-state index contributed by atoms with van der Waals surface area (Å²) in [7, 11) is 0. The van der Waals surface area contributed by atoms with Crippen molar-refractivity contribution in [2.75, 3.05) is 0 Å². The van der Waals surface area contributed by atoms with Crippen molar-refractivity contribution in [3.05, 3.63) is 0 Å². The first-order valence-electron chi connectivity index (χ1n) is 3.47. The molecule has 0 bridgehead atoms. The van der Waals surface area contributed by atoms with Gasteiger partial charge in [0.15, 0.2) is 0 Å². The van der Waals surface area contributed by atoms with Crippen molar-refractivity contribution in [2.45, 2.75) is 32.7 Å². The zero-order valence-corrected chi connectivity index (χ0v) is 5.72. The number of hydrogen-bond acceptors (Lipinski definition) is 1. The largest absolute Gasteiger partial charge is 0.327 e. The number of hydrogen-bond donors (Lipinski definition) is 1. The molecule has 0 aromatic heterocycles. The molecule has 8 heavy (non-hydrogen) atoms. The highest BCUT2D eigenvalue weighted by Crippen LogP contribution is 2.31. The first kappa shape index (κ1) is 6.09. The zero-order chi connectivity index (χ0) is 6.15. The molecule has 0 aliphatic heterocycles. The van der Waals surface area contributed by atoms with Gasteiger partial charge in [-0.05, 0) is 24.7 Å². The summed E-state index contributed by atoms with van der Waals surface area (Å²) in [5.74, 6) is 1.63. The molecule has 1 heteroatoms. The van der Waals surface area contributed by atoms with Gasteiger partial charge in [0, 0.05) is 6.04 Å². The summed E-state index contributed by atoms with van der Waals surface area (Å²) in [6.45, 7) is 4.51. The fourth-order valence-corrected chi connectivity index (χ4v) is 1.38. The predicted molar refractivity (Wildman–Crippen MR) is 35.5 cm³/mol. The molecular weight excluding hydrogens is 98.1 g/mol. The van der Waals surface area contributed by atoms with Gasteiger partial charge >= 0.3 is 0 Å². The van der Waals surface area contributed by atoms with E-state index >= 15 is 0 Å². The molecule has 0 radical (unpaired) electrons. The van der Waals surface area contributed by atoms with E-state index in [1.54, 1.807) is 0 Å². The Morgan fingerprint density at radius 1 is 1.38 bits per heavy atom. The molecule has 1 aliphatic rings. The van der Waals surface area contributed by atoms with Crippen molar-refractivity contribution in [1.82, 2.24) is 0 Å². The Kier molecular flexibility index (Phi) is 1.57. The van der Waals surface area contributed by atoms with Crippen LogP contribution < -0.4 is 5.73 Å². The second-order valence-corrected chi connectivity index (χ2v) is 3.15. The molecule has 0 amide bonds. The fraction of sp³-hybridized carbons (Fsp3) is 1.00. The molecule has 48 valence electrons. The van der Waals surface area contributed by atoms with E-state index in [1.807, 2.05) is 0 Å². The highest BCUT2D eigenvalue weighted by Gasteiger charge is 2.29. The van der Waals surface area contributed by atoms with Crippen LogP contribution in [0.15, 0.2) is 0 Å². The molecule has 0 unspecified atom stereocenters. The maximum Gasteiger partial charge on any atom is 0.00697 e. The van der Waals surface area contributed by atoms with Crippen LogP contribution in [-0.2, 0) is 0 Å². The fourth-order valence-electron chi connectivity index (χ4n) is 1.38.